The highest BCUT2D eigenvalue weighted by Gasteiger charge is 2.18. The van der Waals surface area contributed by atoms with E-state index in [9.17, 15) is 4.79 Å². The molecular weight excluding hydrogens is 360 g/mol. The van der Waals surface area contributed by atoms with Crippen molar-refractivity contribution in [2.75, 3.05) is 32.7 Å². The summed E-state index contributed by atoms with van der Waals surface area (Å²) >= 11 is 0. The fourth-order valence-corrected chi connectivity index (χ4v) is 4.17. The minimum absolute atomic E-state index is 0.262. The molecule has 150 valence electrons. The number of benzene rings is 2. The van der Waals surface area contributed by atoms with E-state index in [1.165, 1.54) is 11.1 Å². The molecule has 0 aliphatic carbocycles. The van der Waals surface area contributed by atoms with Crippen molar-refractivity contribution in [2.45, 2.75) is 20.4 Å². The number of rotatable bonds is 5. The molecule has 0 radical (unpaired) electrons. The van der Waals surface area contributed by atoms with Gasteiger partial charge in [-0.05, 0) is 42.2 Å². The van der Waals surface area contributed by atoms with Crippen molar-refractivity contribution in [3.05, 3.63) is 87.3 Å². The molecule has 29 heavy (non-hydrogen) atoms. The second-order valence-electron chi connectivity index (χ2n) is 7.94. The molecular formula is C25H28N2O2. The smallest absolute Gasteiger partial charge is 0.336 e. The van der Waals surface area contributed by atoms with Crippen LogP contribution in [0.2, 0.25) is 0 Å². The zero-order valence-corrected chi connectivity index (χ0v) is 17.2. The van der Waals surface area contributed by atoms with Crippen LogP contribution in [0.1, 0.15) is 22.3 Å². The van der Waals surface area contributed by atoms with Crippen molar-refractivity contribution < 1.29 is 4.42 Å². The van der Waals surface area contributed by atoms with E-state index in [0.717, 1.165) is 55.8 Å². The summed E-state index contributed by atoms with van der Waals surface area (Å²) in [6.45, 7) is 9.98. The number of hydrogen-bond acceptors (Lipinski definition) is 4. The highest BCUT2D eigenvalue weighted by atomic mass is 16.4. The van der Waals surface area contributed by atoms with Crippen LogP contribution >= 0.6 is 0 Å². The van der Waals surface area contributed by atoms with Crippen LogP contribution in [0, 0.1) is 13.8 Å². The quantitative estimate of drug-likeness (QED) is 0.613. The maximum Gasteiger partial charge on any atom is 0.336 e. The van der Waals surface area contributed by atoms with E-state index < -0.39 is 0 Å². The molecule has 0 saturated carbocycles. The van der Waals surface area contributed by atoms with E-state index in [4.69, 9.17) is 4.42 Å². The third-order valence-electron chi connectivity index (χ3n) is 5.60. The second-order valence-corrected chi connectivity index (χ2v) is 7.94. The topological polar surface area (TPSA) is 36.7 Å². The molecule has 1 aliphatic rings. The summed E-state index contributed by atoms with van der Waals surface area (Å²) in [5, 5.41) is 1.09. The van der Waals surface area contributed by atoms with Gasteiger partial charge >= 0.3 is 5.63 Å². The van der Waals surface area contributed by atoms with Crippen LogP contribution in [-0.2, 0) is 6.54 Å². The maximum absolute atomic E-state index is 12.1. The molecule has 1 saturated heterocycles. The van der Waals surface area contributed by atoms with Gasteiger partial charge in [-0.15, -0.1) is 0 Å². The summed E-state index contributed by atoms with van der Waals surface area (Å²) in [6.07, 6.45) is 4.43. The molecule has 2 heterocycles. The van der Waals surface area contributed by atoms with Crippen molar-refractivity contribution in [1.29, 1.82) is 0 Å². The van der Waals surface area contributed by atoms with Crippen LogP contribution in [0.5, 0.6) is 0 Å². The summed E-state index contributed by atoms with van der Waals surface area (Å²) in [4.78, 5) is 17.0. The van der Waals surface area contributed by atoms with Gasteiger partial charge in [0, 0.05) is 50.7 Å². The molecule has 4 heteroatoms. The minimum Gasteiger partial charge on any atom is -0.423 e. The number of aryl methyl sites for hydroxylation is 2. The molecule has 0 atom stereocenters. The summed E-state index contributed by atoms with van der Waals surface area (Å²) < 4.78 is 5.46. The first-order chi connectivity index (χ1) is 14.1. The molecule has 0 spiro atoms. The largest absolute Gasteiger partial charge is 0.423 e. The van der Waals surface area contributed by atoms with Gasteiger partial charge in [-0.2, -0.15) is 0 Å². The number of piperazine rings is 1. The van der Waals surface area contributed by atoms with Crippen LogP contribution in [0.25, 0.3) is 17.0 Å². The first-order valence-corrected chi connectivity index (χ1v) is 10.3. The first-order valence-electron chi connectivity index (χ1n) is 10.3. The summed E-state index contributed by atoms with van der Waals surface area (Å²) in [6, 6.07) is 16.2. The first kappa shape index (κ1) is 19.6. The van der Waals surface area contributed by atoms with Crippen molar-refractivity contribution in [2.24, 2.45) is 0 Å². The Morgan fingerprint density at radius 2 is 1.69 bits per heavy atom. The Morgan fingerprint density at radius 1 is 0.966 bits per heavy atom. The van der Waals surface area contributed by atoms with Gasteiger partial charge in [0.15, 0.2) is 0 Å². The second kappa shape index (κ2) is 8.76. The van der Waals surface area contributed by atoms with Crippen LogP contribution in [0.15, 0.2) is 63.8 Å². The summed E-state index contributed by atoms with van der Waals surface area (Å²) in [5.74, 6) is 0. The van der Waals surface area contributed by atoms with Crippen molar-refractivity contribution in [3.8, 4) is 0 Å². The average Bonchev–Trinajstić information content (AvgIpc) is 2.69. The van der Waals surface area contributed by atoms with Crippen LogP contribution in [-0.4, -0.2) is 42.5 Å². The van der Waals surface area contributed by atoms with E-state index >= 15 is 0 Å². The standard InChI is InChI=1S/C25H28N2O2/c1-19-15-20(2)25-22(17-24(28)29-23(25)16-19)18-27-13-11-26(12-14-27)10-6-9-21-7-4-3-5-8-21/h3-9,15-17H,10-14,18H2,1-2H3/b9-6+. The predicted molar refractivity (Wildman–Crippen MR) is 119 cm³/mol. The number of fused-ring (bicyclic) bond motifs is 1. The average molecular weight is 389 g/mol. The molecule has 0 bridgehead atoms. The fraction of sp³-hybridized carbons (Fsp3) is 0.320. The van der Waals surface area contributed by atoms with E-state index in [2.05, 4.69) is 59.2 Å². The molecule has 4 rings (SSSR count). The lowest BCUT2D eigenvalue weighted by molar-refractivity contribution is 0.137. The van der Waals surface area contributed by atoms with Crippen molar-refractivity contribution in [3.63, 3.8) is 0 Å². The summed E-state index contributed by atoms with van der Waals surface area (Å²) in [5.41, 5.74) is 5.05. The van der Waals surface area contributed by atoms with Gasteiger partial charge in [0.05, 0.1) is 0 Å². The molecule has 1 aromatic heterocycles. The Balaban J connectivity index is 1.39. The molecule has 0 unspecified atom stereocenters. The van der Waals surface area contributed by atoms with E-state index in [1.54, 1.807) is 6.07 Å². The normalized spacial score (nSPS) is 16.1. The third kappa shape index (κ3) is 4.84. The molecule has 1 fully saturated rings. The lowest BCUT2D eigenvalue weighted by atomic mass is 10.0. The Hall–Kier alpha value is -2.69. The van der Waals surface area contributed by atoms with Gasteiger partial charge in [0.1, 0.15) is 5.58 Å². The molecule has 4 nitrogen and oxygen atoms in total. The monoisotopic (exact) mass is 388 g/mol. The lowest BCUT2D eigenvalue weighted by Crippen LogP contribution is -2.45. The Kier molecular flexibility index (Phi) is 5.93. The number of hydrogen-bond donors (Lipinski definition) is 0. The lowest BCUT2D eigenvalue weighted by Gasteiger charge is -2.34. The highest BCUT2D eigenvalue weighted by molar-refractivity contribution is 5.84. The summed E-state index contributed by atoms with van der Waals surface area (Å²) in [7, 11) is 0. The SMILES string of the molecule is Cc1cc(C)c2c(CN3CCN(C/C=C/c4ccccc4)CC3)cc(=O)oc2c1. The molecule has 1 aliphatic heterocycles. The Bertz CT molecular complexity index is 1060. The van der Waals surface area contributed by atoms with Gasteiger partial charge in [0.25, 0.3) is 0 Å². The van der Waals surface area contributed by atoms with Gasteiger partial charge in [-0.3, -0.25) is 9.80 Å². The molecule has 0 N–H and O–H groups in total. The molecule has 2 aromatic carbocycles. The Morgan fingerprint density at radius 3 is 2.45 bits per heavy atom. The van der Waals surface area contributed by atoms with Crippen molar-refractivity contribution in [1.82, 2.24) is 9.80 Å². The van der Waals surface area contributed by atoms with Gasteiger partial charge in [-0.1, -0.05) is 48.6 Å². The van der Waals surface area contributed by atoms with Crippen LogP contribution in [0.4, 0.5) is 0 Å². The van der Waals surface area contributed by atoms with Gasteiger partial charge in [0.2, 0.25) is 0 Å². The van der Waals surface area contributed by atoms with Gasteiger partial charge < -0.3 is 4.42 Å². The molecule has 0 amide bonds. The number of nitrogens with zero attached hydrogens (tertiary/aromatic N) is 2. The van der Waals surface area contributed by atoms with Crippen molar-refractivity contribution >= 4 is 17.0 Å². The Labute approximate surface area is 172 Å². The fourth-order valence-electron chi connectivity index (χ4n) is 4.17. The molecule has 3 aromatic rings. The zero-order chi connectivity index (χ0) is 20.2. The van der Waals surface area contributed by atoms with E-state index in [1.807, 2.05) is 19.1 Å². The van der Waals surface area contributed by atoms with E-state index in [0.29, 0.717) is 5.58 Å². The zero-order valence-electron chi connectivity index (χ0n) is 17.2. The highest BCUT2D eigenvalue weighted by Crippen LogP contribution is 2.24. The predicted octanol–water partition coefficient (Wildman–Crippen LogP) is 4.24. The van der Waals surface area contributed by atoms with Crippen LogP contribution in [0.3, 0.4) is 0 Å². The minimum atomic E-state index is -0.262. The van der Waals surface area contributed by atoms with E-state index in [-0.39, 0.29) is 5.63 Å². The van der Waals surface area contributed by atoms with Crippen LogP contribution < -0.4 is 5.63 Å². The third-order valence-corrected chi connectivity index (χ3v) is 5.60. The maximum atomic E-state index is 12.1. The van der Waals surface area contributed by atoms with Gasteiger partial charge in [-0.25, -0.2) is 4.79 Å².